The number of phenols is 1. The summed E-state index contributed by atoms with van der Waals surface area (Å²) in [5, 5.41) is 11.4. The topological polar surface area (TPSA) is 76.0 Å². The molecule has 2 aromatic rings. The Kier molecular flexibility index (Phi) is 4.32. The van der Waals surface area contributed by atoms with Crippen LogP contribution in [-0.2, 0) is 10.0 Å². The van der Waals surface area contributed by atoms with Crippen LogP contribution in [0.4, 0.5) is 0 Å². The molecule has 0 saturated carbocycles. The molecule has 0 spiro atoms. The zero-order valence-electron chi connectivity index (χ0n) is 10.3. The molecule has 0 bridgehead atoms. The maximum absolute atomic E-state index is 11.9. The molecule has 0 fully saturated rings. The van der Waals surface area contributed by atoms with Crippen LogP contribution in [0.3, 0.4) is 0 Å². The number of methoxy groups -OCH3 is 1. The summed E-state index contributed by atoms with van der Waals surface area (Å²) in [6.45, 7) is 0. The lowest BCUT2D eigenvalue weighted by Gasteiger charge is -2.06. The largest absolute Gasteiger partial charge is 0.503 e. The molecule has 106 valence electrons. The van der Waals surface area contributed by atoms with E-state index in [1.165, 1.54) is 25.3 Å². The number of sulfonamides is 1. The van der Waals surface area contributed by atoms with Gasteiger partial charge in [0, 0.05) is 11.8 Å². The molecule has 0 saturated heterocycles. The number of ether oxygens (including phenoxy) is 1. The minimum Gasteiger partial charge on any atom is -0.503 e. The van der Waals surface area contributed by atoms with Crippen LogP contribution in [0.2, 0.25) is 5.02 Å². The van der Waals surface area contributed by atoms with Crippen LogP contribution in [0.25, 0.3) is 0 Å². The summed E-state index contributed by atoms with van der Waals surface area (Å²) < 4.78 is 32.3. The number of halogens is 1. The average Bonchev–Trinajstić information content (AvgIpc) is 2.95. The van der Waals surface area contributed by atoms with Crippen molar-refractivity contribution in [1.82, 2.24) is 0 Å². The minimum atomic E-state index is -3.74. The fraction of sp³-hybridized carbons (Fsp3) is 0.0833. The molecule has 5 nitrogen and oxygen atoms in total. The summed E-state index contributed by atoms with van der Waals surface area (Å²) in [5.41, 5.74) is 0.282. The SMILES string of the molecule is COc1ccc(/C=N\S(=O)(=O)c2cccs2)c(Cl)c1O. The molecule has 0 aliphatic heterocycles. The molecule has 0 unspecified atom stereocenters. The van der Waals surface area contributed by atoms with Crippen LogP contribution >= 0.6 is 22.9 Å². The highest BCUT2D eigenvalue weighted by Crippen LogP contribution is 2.35. The highest BCUT2D eigenvalue weighted by atomic mass is 35.5. The first kappa shape index (κ1) is 14.8. The number of rotatable bonds is 4. The summed E-state index contributed by atoms with van der Waals surface area (Å²) in [6.07, 6.45) is 1.09. The van der Waals surface area contributed by atoms with E-state index in [-0.39, 0.29) is 26.3 Å². The number of thiophene rings is 1. The van der Waals surface area contributed by atoms with Crippen molar-refractivity contribution >= 4 is 39.2 Å². The van der Waals surface area contributed by atoms with Gasteiger partial charge in [0.05, 0.1) is 12.1 Å². The van der Waals surface area contributed by atoms with Crippen molar-refractivity contribution in [2.75, 3.05) is 7.11 Å². The number of hydrogen-bond donors (Lipinski definition) is 1. The molecule has 0 atom stereocenters. The first-order valence-corrected chi connectivity index (χ1v) is 8.05. The van der Waals surface area contributed by atoms with Gasteiger partial charge in [-0.15, -0.1) is 11.3 Å². The Labute approximate surface area is 125 Å². The zero-order valence-corrected chi connectivity index (χ0v) is 12.7. The van der Waals surface area contributed by atoms with Crippen molar-refractivity contribution in [3.63, 3.8) is 0 Å². The van der Waals surface area contributed by atoms with E-state index in [1.807, 2.05) is 0 Å². The second-order valence-corrected chi connectivity index (χ2v) is 6.85. The lowest BCUT2D eigenvalue weighted by Crippen LogP contribution is -1.95. The van der Waals surface area contributed by atoms with Crippen molar-refractivity contribution in [3.05, 3.63) is 40.2 Å². The van der Waals surface area contributed by atoms with Gasteiger partial charge in [-0.1, -0.05) is 17.7 Å². The van der Waals surface area contributed by atoms with Gasteiger partial charge in [0.15, 0.2) is 11.5 Å². The van der Waals surface area contributed by atoms with Crippen molar-refractivity contribution in [3.8, 4) is 11.5 Å². The summed E-state index contributed by atoms with van der Waals surface area (Å²) >= 11 is 6.99. The Morgan fingerprint density at radius 2 is 2.15 bits per heavy atom. The number of phenolic OH excluding ortho intramolecular Hbond substituents is 1. The molecular weight excluding hydrogens is 322 g/mol. The molecule has 20 heavy (non-hydrogen) atoms. The Balaban J connectivity index is 2.36. The predicted octanol–water partition coefficient (Wildman–Crippen LogP) is 2.92. The van der Waals surface area contributed by atoms with Crippen molar-refractivity contribution < 1.29 is 18.3 Å². The van der Waals surface area contributed by atoms with E-state index in [0.717, 1.165) is 17.6 Å². The second-order valence-electron chi connectivity index (χ2n) is 3.66. The molecule has 1 N–H and O–H groups in total. The lowest BCUT2D eigenvalue weighted by atomic mass is 10.2. The van der Waals surface area contributed by atoms with E-state index in [4.69, 9.17) is 16.3 Å². The van der Waals surface area contributed by atoms with Gasteiger partial charge in [0.2, 0.25) is 0 Å². The molecule has 0 amide bonds. The van der Waals surface area contributed by atoms with Gasteiger partial charge in [-0.25, -0.2) is 0 Å². The lowest BCUT2D eigenvalue weighted by molar-refractivity contribution is 0.373. The summed E-state index contributed by atoms with van der Waals surface area (Å²) in [4.78, 5) is 0. The summed E-state index contributed by atoms with van der Waals surface area (Å²) in [6, 6.07) is 6.07. The summed E-state index contributed by atoms with van der Waals surface area (Å²) in [5.74, 6) is -0.0556. The molecule has 1 aromatic carbocycles. The smallest absolute Gasteiger partial charge is 0.291 e. The number of benzene rings is 1. The molecular formula is C12H10ClNO4S2. The number of hydrogen-bond acceptors (Lipinski definition) is 5. The van der Waals surface area contributed by atoms with Crippen LogP contribution < -0.4 is 4.74 Å². The summed E-state index contributed by atoms with van der Waals surface area (Å²) in [7, 11) is -2.35. The first-order chi connectivity index (χ1) is 9.45. The van der Waals surface area contributed by atoms with Gasteiger partial charge in [0.1, 0.15) is 4.21 Å². The number of nitrogens with zero attached hydrogens (tertiary/aromatic N) is 1. The van der Waals surface area contributed by atoms with Crippen molar-refractivity contribution in [2.24, 2.45) is 4.40 Å². The third kappa shape index (κ3) is 2.95. The molecule has 0 aliphatic rings. The van der Waals surface area contributed by atoms with Crippen LogP contribution in [0, 0.1) is 0 Å². The molecule has 2 rings (SSSR count). The Hall–Kier alpha value is -1.57. The van der Waals surface area contributed by atoms with Crippen LogP contribution in [0.15, 0.2) is 38.3 Å². The van der Waals surface area contributed by atoms with Gasteiger partial charge in [-0.05, 0) is 23.6 Å². The predicted molar refractivity (Wildman–Crippen MR) is 78.8 cm³/mol. The zero-order chi connectivity index (χ0) is 14.8. The van der Waals surface area contributed by atoms with E-state index >= 15 is 0 Å². The molecule has 0 radical (unpaired) electrons. The normalized spacial score (nSPS) is 11.9. The number of aromatic hydroxyl groups is 1. The Morgan fingerprint density at radius 3 is 2.75 bits per heavy atom. The van der Waals surface area contributed by atoms with E-state index in [2.05, 4.69) is 4.40 Å². The highest BCUT2D eigenvalue weighted by Gasteiger charge is 2.14. The van der Waals surface area contributed by atoms with Crippen LogP contribution in [0.1, 0.15) is 5.56 Å². The van der Waals surface area contributed by atoms with Crippen molar-refractivity contribution in [1.29, 1.82) is 0 Å². The Bertz CT molecular complexity index is 739. The van der Waals surface area contributed by atoms with Gasteiger partial charge in [-0.2, -0.15) is 12.8 Å². The molecule has 8 heteroatoms. The second kappa shape index (κ2) is 5.82. The van der Waals surface area contributed by atoms with E-state index < -0.39 is 10.0 Å². The minimum absolute atomic E-state index is 0.0190. The maximum Gasteiger partial charge on any atom is 0.291 e. The molecule has 0 aliphatic carbocycles. The van der Waals surface area contributed by atoms with E-state index in [9.17, 15) is 13.5 Å². The quantitative estimate of drug-likeness (QED) is 0.874. The van der Waals surface area contributed by atoms with E-state index in [1.54, 1.807) is 11.4 Å². The monoisotopic (exact) mass is 331 g/mol. The van der Waals surface area contributed by atoms with Gasteiger partial charge in [0.25, 0.3) is 10.0 Å². The fourth-order valence-corrected chi connectivity index (χ4v) is 3.46. The fourth-order valence-electron chi connectivity index (χ4n) is 1.42. The van der Waals surface area contributed by atoms with Gasteiger partial charge >= 0.3 is 0 Å². The third-order valence-electron chi connectivity index (χ3n) is 2.41. The highest BCUT2D eigenvalue weighted by molar-refractivity contribution is 7.92. The average molecular weight is 332 g/mol. The third-order valence-corrected chi connectivity index (χ3v) is 5.42. The van der Waals surface area contributed by atoms with Crippen LogP contribution in [-0.4, -0.2) is 26.8 Å². The first-order valence-electron chi connectivity index (χ1n) is 5.35. The van der Waals surface area contributed by atoms with Gasteiger partial charge in [-0.3, -0.25) is 0 Å². The Morgan fingerprint density at radius 1 is 1.40 bits per heavy atom. The standard InChI is InChI=1S/C12H10ClNO4S2/c1-18-9-5-4-8(11(13)12(9)15)7-14-20(16,17)10-3-2-6-19-10/h2-7,15H,1H3/b14-7-. The van der Waals surface area contributed by atoms with Crippen LogP contribution in [0.5, 0.6) is 11.5 Å². The molecule has 1 aromatic heterocycles. The van der Waals surface area contributed by atoms with Gasteiger partial charge < -0.3 is 9.84 Å². The van der Waals surface area contributed by atoms with E-state index in [0.29, 0.717) is 0 Å². The molecule has 1 heterocycles. The van der Waals surface area contributed by atoms with Crippen molar-refractivity contribution in [2.45, 2.75) is 4.21 Å². The maximum atomic E-state index is 11.9.